The number of pyridine rings is 1. The van der Waals surface area contributed by atoms with E-state index in [0.717, 1.165) is 41.8 Å². The Bertz CT molecular complexity index is 1510. The van der Waals surface area contributed by atoms with Crippen molar-refractivity contribution in [2.75, 3.05) is 73.2 Å². The number of aryl methyl sites for hydroxylation is 1. The molecule has 0 bridgehead atoms. The Morgan fingerprint density at radius 3 is 2.61 bits per heavy atom. The summed E-state index contributed by atoms with van der Waals surface area (Å²) in [6.45, 7) is 6.06. The summed E-state index contributed by atoms with van der Waals surface area (Å²) < 4.78 is 59.1. The predicted molar refractivity (Wildman–Crippen MR) is 172 cm³/mol. The molecule has 3 aromatic rings. The number of hydrogen-bond donors (Lipinski definition) is 1. The summed E-state index contributed by atoms with van der Waals surface area (Å²) >= 11 is 0. The number of rotatable bonds is 14. The van der Waals surface area contributed by atoms with Crippen LogP contribution in [0.25, 0.3) is 10.8 Å². The standard InChI is InChI=1S/C35H46F3N5O3/c1-4-5-9-26-19-24-8-6-7-10-27(24)35(40-26)46-18-15-43(2,3)23-31(42-12-11-25(21-42)34(39)44)28-20-30(36)29(33(38)32(28)37)22-41-13-16-45-17-14-41/h6-8,10,19-20,25,31H,4-5,9,11-18,21-23H2,1-3H3,(H-,39,44)/p+1. The average Bonchev–Trinajstić information content (AvgIpc) is 3.54. The smallest absolute Gasteiger partial charge is 0.221 e. The van der Waals surface area contributed by atoms with Crippen LogP contribution in [0.1, 0.15) is 49.0 Å². The van der Waals surface area contributed by atoms with Crippen LogP contribution < -0.4 is 10.5 Å². The van der Waals surface area contributed by atoms with Crippen LogP contribution in [0.15, 0.2) is 36.4 Å². The second-order valence-corrected chi connectivity index (χ2v) is 13.3. The Morgan fingerprint density at radius 2 is 1.89 bits per heavy atom. The van der Waals surface area contributed by atoms with Crippen molar-refractivity contribution in [2.24, 2.45) is 11.7 Å². The number of likely N-dealkylation sites (N-methyl/N-ethyl adjacent to an activating group) is 1. The van der Waals surface area contributed by atoms with Crippen molar-refractivity contribution >= 4 is 16.7 Å². The topological polar surface area (TPSA) is 80.9 Å². The number of likely N-dealkylation sites (tertiary alicyclic amines) is 1. The first-order chi connectivity index (χ1) is 22.1. The molecule has 2 aliphatic rings. The number of ether oxygens (including phenoxy) is 2. The number of quaternary nitrogens is 1. The second-order valence-electron chi connectivity index (χ2n) is 13.3. The Balaban J connectivity index is 1.36. The van der Waals surface area contributed by atoms with Gasteiger partial charge < -0.3 is 19.7 Å². The molecule has 2 N–H and O–H groups in total. The lowest BCUT2D eigenvalue weighted by Crippen LogP contribution is -2.49. The number of fused-ring (bicyclic) bond motifs is 1. The summed E-state index contributed by atoms with van der Waals surface area (Å²) in [5, 5.41) is 2.01. The molecule has 2 atom stereocenters. The van der Waals surface area contributed by atoms with Crippen LogP contribution in [0.4, 0.5) is 13.2 Å². The first kappa shape index (κ1) is 34.1. The van der Waals surface area contributed by atoms with Crippen molar-refractivity contribution in [2.45, 2.75) is 45.2 Å². The minimum Gasteiger partial charge on any atom is -0.471 e. The molecule has 46 heavy (non-hydrogen) atoms. The second kappa shape index (κ2) is 15.1. The van der Waals surface area contributed by atoms with E-state index in [1.807, 2.05) is 42.1 Å². The molecule has 2 saturated heterocycles. The zero-order chi connectivity index (χ0) is 32.8. The molecule has 2 aliphatic heterocycles. The van der Waals surface area contributed by atoms with Crippen molar-refractivity contribution in [3.05, 3.63) is 70.7 Å². The van der Waals surface area contributed by atoms with Gasteiger partial charge in [-0.25, -0.2) is 18.2 Å². The summed E-state index contributed by atoms with van der Waals surface area (Å²) in [5.74, 6) is -3.23. The van der Waals surface area contributed by atoms with Gasteiger partial charge in [0.2, 0.25) is 11.8 Å². The van der Waals surface area contributed by atoms with Gasteiger partial charge in [0.05, 0.1) is 45.8 Å². The summed E-state index contributed by atoms with van der Waals surface area (Å²) in [6.07, 6.45) is 3.49. The number of benzene rings is 2. The molecule has 8 nitrogen and oxygen atoms in total. The molecule has 0 aliphatic carbocycles. The van der Waals surface area contributed by atoms with E-state index in [2.05, 4.69) is 19.1 Å². The highest BCUT2D eigenvalue weighted by atomic mass is 19.2. The molecular formula is C35H47F3N5O3+. The number of morpholine rings is 1. The minimum atomic E-state index is -1.16. The van der Waals surface area contributed by atoms with Gasteiger partial charge in [0, 0.05) is 48.4 Å². The monoisotopic (exact) mass is 642 g/mol. The van der Waals surface area contributed by atoms with Crippen molar-refractivity contribution in [1.82, 2.24) is 14.8 Å². The Labute approximate surface area is 269 Å². The molecule has 0 saturated carbocycles. The minimum absolute atomic E-state index is 0.0301. The van der Waals surface area contributed by atoms with Gasteiger partial charge in [-0.3, -0.25) is 14.6 Å². The van der Waals surface area contributed by atoms with Crippen LogP contribution in [0.5, 0.6) is 5.88 Å². The molecule has 2 aromatic carbocycles. The zero-order valence-electron chi connectivity index (χ0n) is 27.2. The van der Waals surface area contributed by atoms with Gasteiger partial charge >= 0.3 is 0 Å². The highest BCUT2D eigenvalue weighted by molar-refractivity contribution is 5.87. The van der Waals surface area contributed by atoms with E-state index < -0.39 is 35.3 Å². The molecule has 5 rings (SSSR count). The fourth-order valence-corrected chi connectivity index (χ4v) is 6.50. The number of amides is 1. The third-order valence-electron chi connectivity index (χ3n) is 9.34. The number of hydrogen-bond acceptors (Lipinski definition) is 6. The van der Waals surface area contributed by atoms with Crippen LogP contribution >= 0.6 is 0 Å². The third-order valence-corrected chi connectivity index (χ3v) is 9.34. The maximum atomic E-state index is 15.9. The lowest BCUT2D eigenvalue weighted by Gasteiger charge is -2.37. The van der Waals surface area contributed by atoms with Gasteiger partial charge in [-0.15, -0.1) is 0 Å². The largest absolute Gasteiger partial charge is 0.471 e. The summed E-state index contributed by atoms with van der Waals surface area (Å²) in [5.41, 5.74) is 6.27. The van der Waals surface area contributed by atoms with E-state index in [1.54, 1.807) is 0 Å². The van der Waals surface area contributed by atoms with Gasteiger partial charge in [-0.05, 0) is 49.4 Å². The number of carbonyl (C=O) groups is 1. The predicted octanol–water partition coefficient (Wildman–Crippen LogP) is 4.83. The first-order valence-corrected chi connectivity index (χ1v) is 16.4. The summed E-state index contributed by atoms with van der Waals surface area (Å²) in [4.78, 5) is 20.6. The number of nitrogens with two attached hydrogens (primary N) is 1. The number of primary amides is 1. The fraction of sp³-hybridized carbons (Fsp3) is 0.543. The Morgan fingerprint density at radius 1 is 1.13 bits per heavy atom. The van der Waals surface area contributed by atoms with E-state index in [9.17, 15) is 4.79 Å². The number of unbranched alkanes of at least 4 members (excludes halogenated alkanes) is 1. The van der Waals surface area contributed by atoms with Crippen molar-refractivity contribution in [3.63, 3.8) is 0 Å². The quantitative estimate of drug-likeness (QED) is 0.201. The normalized spacial score (nSPS) is 18.7. The number of carbonyl (C=O) groups excluding carboxylic acids is 1. The molecule has 0 spiro atoms. The van der Waals surface area contributed by atoms with Crippen LogP contribution in [0, 0.1) is 23.4 Å². The average molecular weight is 643 g/mol. The fourth-order valence-electron chi connectivity index (χ4n) is 6.50. The van der Waals surface area contributed by atoms with Crippen LogP contribution in [0.3, 0.4) is 0 Å². The van der Waals surface area contributed by atoms with E-state index >= 15 is 13.2 Å². The number of nitrogens with zero attached hydrogens (tertiary/aromatic N) is 4. The molecular weight excluding hydrogens is 595 g/mol. The van der Waals surface area contributed by atoms with Crippen LogP contribution in [0.2, 0.25) is 0 Å². The van der Waals surface area contributed by atoms with Gasteiger partial charge in [-0.2, -0.15) is 0 Å². The maximum absolute atomic E-state index is 15.9. The van der Waals surface area contributed by atoms with Crippen molar-refractivity contribution in [1.29, 1.82) is 0 Å². The van der Waals surface area contributed by atoms with Gasteiger partial charge in [0.25, 0.3) is 0 Å². The molecule has 0 radical (unpaired) electrons. The molecule has 1 aromatic heterocycles. The number of halogens is 3. The molecule has 3 heterocycles. The van der Waals surface area contributed by atoms with Gasteiger partial charge in [0.1, 0.15) is 19.0 Å². The van der Waals surface area contributed by atoms with Crippen molar-refractivity contribution in [3.8, 4) is 5.88 Å². The Hall–Kier alpha value is -3.25. The van der Waals surface area contributed by atoms with Gasteiger partial charge in [-0.1, -0.05) is 31.5 Å². The van der Waals surface area contributed by atoms with E-state index in [4.69, 9.17) is 20.2 Å². The van der Waals surface area contributed by atoms with E-state index in [1.165, 1.54) is 0 Å². The molecule has 1 amide bonds. The maximum Gasteiger partial charge on any atom is 0.221 e. The third kappa shape index (κ3) is 8.17. The lowest BCUT2D eigenvalue weighted by atomic mass is 9.99. The van der Waals surface area contributed by atoms with Gasteiger partial charge in [0.15, 0.2) is 11.6 Å². The lowest BCUT2D eigenvalue weighted by molar-refractivity contribution is -0.893. The highest BCUT2D eigenvalue weighted by Gasteiger charge is 2.38. The SMILES string of the molecule is CCCCc1cc2ccccc2c(OCC[N+](C)(C)CC(c2cc(F)c(CN3CCOCC3)c(F)c2F)N2CCC(C(N)=O)C2)n1. The molecule has 11 heteroatoms. The molecule has 2 unspecified atom stereocenters. The first-order valence-electron chi connectivity index (χ1n) is 16.4. The molecule has 250 valence electrons. The molecule has 2 fully saturated rings. The van der Waals surface area contributed by atoms with Crippen LogP contribution in [-0.4, -0.2) is 98.4 Å². The summed E-state index contributed by atoms with van der Waals surface area (Å²) in [7, 11) is 3.97. The van der Waals surface area contributed by atoms with Crippen LogP contribution in [-0.2, 0) is 22.5 Å². The van der Waals surface area contributed by atoms with E-state index in [0.29, 0.717) is 75.9 Å². The Kier molecular flexibility index (Phi) is 11.2. The van der Waals surface area contributed by atoms with Crippen molar-refractivity contribution < 1.29 is 31.9 Å². The summed E-state index contributed by atoms with van der Waals surface area (Å²) in [6, 6.07) is 10.6. The zero-order valence-corrected chi connectivity index (χ0v) is 27.2. The van der Waals surface area contributed by atoms with E-state index in [-0.39, 0.29) is 17.7 Å². The highest BCUT2D eigenvalue weighted by Crippen LogP contribution is 2.34. The number of aromatic nitrogens is 1.